The number of rotatable bonds is 1. The van der Waals surface area contributed by atoms with Crippen molar-refractivity contribution >= 4 is 5.97 Å². The van der Waals surface area contributed by atoms with E-state index >= 15 is 0 Å². The van der Waals surface area contributed by atoms with Gasteiger partial charge in [-0.15, -0.1) is 0 Å². The minimum Gasteiger partial charge on any atom is -0.468 e. The summed E-state index contributed by atoms with van der Waals surface area (Å²) in [7, 11) is 1.29. The van der Waals surface area contributed by atoms with Gasteiger partial charge in [-0.3, -0.25) is 4.79 Å². The third-order valence-electron chi connectivity index (χ3n) is 2.41. The number of piperidine rings is 1. The lowest BCUT2D eigenvalue weighted by Crippen LogP contribution is -2.51. The SMILES string of the molecule is COC(=O)C1(C)CNCCC1F. The van der Waals surface area contributed by atoms with Crippen molar-refractivity contribution in [2.45, 2.75) is 19.5 Å². The molecule has 2 atom stereocenters. The van der Waals surface area contributed by atoms with Gasteiger partial charge < -0.3 is 10.1 Å². The molecule has 0 aromatic heterocycles. The van der Waals surface area contributed by atoms with Gasteiger partial charge in [-0.05, 0) is 19.9 Å². The molecule has 0 aliphatic carbocycles. The third kappa shape index (κ3) is 1.43. The largest absolute Gasteiger partial charge is 0.468 e. The lowest BCUT2D eigenvalue weighted by atomic mass is 9.81. The smallest absolute Gasteiger partial charge is 0.315 e. The lowest BCUT2D eigenvalue weighted by Gasteiger charge is -2.34. The summed E-state index contributed by atoms with van der Waals surface area (Å²) in [6.45, 7) is 2.59. The molecule has 1 aliphatic heterocycles. The molecule has 0 bridgehead atoms. The minimum absolute atomic E-state index is 0.362. The van der Waals surface area contributed by atoms with Crippen molar-refractivity contribution < 1.29 is 13.9 Å². The van der Waals surface area contributed by atoms with E-state index in [9.17, 15) is 9.18 Å². The van der Waals surface area contributed by atoms with Crippen molar-refractivity contribution in [3.8, 4) is 0 Å². The molecular formula is C8H14FNO2. The van der Waals surface area contributed by atoms with Gasteiger partial charge in [-0.2, -0.15) is 0 Å². The zero-order valence-corrected chi connectivity index (χ0v) is 7.39. The Labute approximate surface area is 71.3 Å². The summed E-state index contributed by atoms with van der Waals surface area (Å²) in [4.78, 5) is 11.2. The molecule has 70 valence electrons. The number of halogens is 1. The predicted molar refractivity (Wildman–Crippen MR) is 42.5 cm³/mol. The zero-order chi connectivity index (χ0) is 9.19. The number of hydrogen-bond donors (Lipinski definition) is 1. The van der Waals surface area contributed by atoms with Crippen molar-refractivity contribution in [2.24, 2.45) is 5.41 Å². The predicted octanol–water partition coefficient (Wildman–Crippen LogP) is 0.497. The molecule has 0 amide bonds. The van der Waals surface area contributed by atoms with E-state index in [1.165, 1.54) is 7.11 Å². The fourth-order valence-corrected chi connectivity index (χ4v) is 1.44. The van der Waals surface area contributed by atoms with Crippen LogP contribution in [0.25, 0.3) is 0 Å². The van der Waals surface area contributed by atoms with Crippen LogP contribution in [0.3, 0.4) is 0 Å². The summed E-state index contributed by atoms with van der Waals surface area (Å²) in [6, 6.07) is 0. The Hall–Kier alpha value is -0.640. The molecule has 0 spiro atoms. The van der Waals surface area contributed by atoms with Crippen LogP contribution in [0.15, 0.2) is 0 Å². The first kappa shape index (κ1) is 9.45. The van der Waals surface area contributed by atoms with Crippen LogP contribution in [-0.2, 0) is 9.53 Å². The second kappa shape index (κ2) is 3.39. The van der Waals surface area contributed by atoms with Gasteiger partial charge in [0.05, 0.1) is 7.11 Å². The Balaban J connectivity index is 2.72. The molecule has 0 radical (unpaired) electrons. The normalized spacial score (nSPS) is 36.1. The molecule has 1 rings (SSSR count). The van der Waals surface area contributed by atoms with Crippen LogP contribution in [-0.4, -0.2) is 32.3 Å². The highest BCUT2D eigenvalue weighted by Crippen LogP contribution is 2.29. The van der Waals surface area contributed by atoms with Crippen molar-refractivity contribution in [3.63, 3.8) is 0 Å². The Kier molecular flexibility index (Phi) is 2.67. The van der Waals surface area contributed by atoms with Gasteiger partial charge in [0.2, 0.25) is 0 Å². The summed E-state index contributed by atoms with van der Waals surface area (Å²) >= 11 is 0. The summed E-state index contributed by atoms with van der Waals surface area (Å²) in [5.74, 6) is -0.470. The van der Waals surface area contributed by atoms with Crippen molar-refractivity contribution in [3.05, 3.63) is 0 Å². The van der Waals surface area contributed by atoms with Gasteiger partial charge in [0, 0.05) is 6.54 Å². The van der Waals surface area contributed by atoms with Crippen molar-refractivity contribution in [2.75, 3.05) is 20.2 Å². The number of methoxy groups -OCH3 is 1. The third-order valence-corrected chi connectivity index (χ3v) is 2.41. The lowest BCUT2D eigenvalue weighted by molar-refractivity contribution is -0.157. The Bertz CT molecular complexity index is 186. The molecule has 1 saturated heterocycles. The molecule has 0 aromatic rings. The topological polar surface area (TPSA) is 38.3 Å². The van der Waals surface area contributed by atoms with Gasteiger partial charge in [-0.1, -0.05) is 0 Å². The number of carbonyl (C=O) groups is 1. The molecule has 2 unspecified atom stereocenters. The molecule has 0 aromatic carbocycles. The van der Waals surface area contributed by atoms with Crippen LogP contribution in [0.5, 0.6) is 0 Å². The van der Waals surface area contributed by atoms with E-state index in [0.717, 1.165) is 0 Å². The monoisotopic (exact) mass is 175 g/mol. The van der Waals surface area contributed by atoms with E-state index in [1.54, 1.807) is 6.92 Å². The fraction of sp³-hybridized carbons (Fsp3) is 0.875. The first-order valence-electron chi connectivity index (χ1n) is 4.04. The fourth-order valence-electron chi connectivity index (χ4n) is 1.44. The standard InChI is InChI=1S/C8H14FNO2/c1-8(7(11)12-2)5-10-4-3-6(8)9/h6,10H,3-5H2,1-2H3. The van der Waals surface area contributed by atoms with E-state index in [-0.39, 0.29) is 0 Å². The minimum atomic E-state index is -1.09. The number of nitrogens with one attached hydrogen (secondary N) is 1. The summed E-state index contributed by atoms with van der Waals surface area (Å²) in [5, 5.41) is 2.98. The van der Waals surface area contributed by atoms with Gasteiger partial charge in [-0.25, -0.2) is 4.39 Å². The average molecular weight is 175 g/mol. The Morgan fingerprint density at radius 1 is 1.75 bits per heavy atom. The van der Waals surface area contributed by atoms with E-state index in [2.05, 4.69) is 10.1 Å². The highest BCUT2D eigenvalue weighted by Gasteiger charge is 2.44. The van der Waals surface area contributed by atoms with Crippen LogP contribution in [0.4, 0.5) is 4.39 Å². The van der Waals surface area contributed by atoms with Gasteiger partial charge >= 0.3 is 5.97 Å². The van der Waals surface area contributed by atoms with Crippen LogP contribution in [0, 0.1) is 5.41 Å². The summed E-state index contributed by atoms with van der Waals surface area (Å²) < 4.78 is 17.9. The van der Waals surface area contributed by atoms with Crippen LogP contribution >= 0.6 is 0 Å². The highest BCUT2D eigenvalue weighted by molar-refractivity contribution is 5.77. The van der Waals surface area contributed by atoms with E-state index in [0.29, 0.717) is 19.5 Å². The first-order chi connectivity index (χ1) is 5.61. The molecule has 0 saturated carbocycles. The van der Waals surface area contributed by atoms with Crippen molar-refractivity contribution in [1.29, 1.82) is 0 Å². The van der Waals surface area contributed by atoms with Crippen LogP contribution in [0.2, 0.25) is 0 Å². The molecule has 3 nitrogen and oxygen atoms in total. The number of carbonyl (C=O) groups excluding carboxylic acids is 1. The quantitative estimate of drug-likeness (QED) is 0.590. The Morgan fingerprint density at radius 3 is 2.92 bits per heavy atom. The molecule has 12 heavy (non-hydrogen) atoms. The highest BCUT2D eigenvalue weighted by atomic mass is 19.1. The molecule has 1 heterocycles. The molecule has 1 aliphatic rings. The van der Waals surface area contributed by atoms with Crippen LogP contribution < -0.4 is 5.32 Å². The molecule has 1 fully saturated rings. The van der Waals surface area contributed by atoms with Gasteiger partial charge in [0.1, 0.15) is 11.6 Å². The van der Waals surface area contributed by atoms with Crippen molar-refractivity contribution in [1.82, 2.24) is 5.32 Å². The second-order valence-corrected chi connectivity index (χ2v) is 3.34. The summed E-state index contributed by atoms with van der Waals surface area (Å²) in [5.41, 5.74) is -0.993. The van der Waals surface area contributed by atoms with E-state index in [4.69, 9.17) is 0 Å². The van der Waals surface area contributed by atoms with Gasteiger partial charge in [0.25, 0.3) is 0 Å². The van der Waals surface area contributed by atoms with Crippen LogP contribution in [0.1, 0.15) is 13.3 Å². The zero-order valence-electron chi connectivity index (χ0n) is 7.39. The number of hydrogen-bond acceptors (Lipinski definition) is 3. The first-order valence-corrected chi connectivity index (χ1v) is 4.04. The molecule has 1 N–H and O–H groups in total. The average Bonchev–Trinajstić information content (AvgIpc) is 2.09. The molecule has 4 heteroatoms. The second-order valence-electron chi connectivity index (χ2n) is 3.34. The number of esters is 1. The van der Waals surface area contributed by atoms with E-state index in [1.807, 2.05) is 0 Å². The number of ether oxygens (including phenoxy) is 1. The maximum absolute atomic E-state index is 13.3. The Morgan fingerprint density at radius 2 is 2.42 bits per heavy atom. The van der Waals surface area contributed by atoms with E-state index < -0.39 is 17.6 Å². The summed E-state index contributed by atoms with van der Waals surface area (Å²) in [6.07, 6.45) is -0.711. The number of alkyl halides is 1. The van der Waals surface area contributed by atoms with Gasteiger partial charge in [0.15, 0.2) is 0 Å². The maximum atomic E-state index is 13.3. The molecular weight excluding hydrogens is 161 g/mol. The maximum Gasteiger partial charge on any atom is 0.315 e.